The van der Waals surface area contributed by atoms with Crippen molar-refractivity contribution in [3.8, 4) is 0 Å². The number of aromatic nitrogens is 2. The van der Waals surface area contributed by atoms with Gasteiger partial charge < -0.3 is 14.8 Å². The van der Waals surface area contributed by atoms with E-state index in [4.69, 9.17) is 0 Å². The monoisotopic (exact) mass is 170 g/mol. The van der Waals surface area contributed by atoms with E-state index in [-0.39, 0.29) is 6.42 Å². The van der Waals surface area contributed by atoms with Gasteiger partial charge in [0.25, 0.3) is 0 Å². The lowest BCUT2D eigenvalue weighted by atomic mass is 10.2. The van der Waals surface area contributed by atoms with Gasteiger partial charge in [0.2, 0.25) is 0 Å². The Morgan fingerprint density at radius 1 is 1.92 bits per heavy atom. The molecule has 1 aromatic rings. The molecule has 5 heteroatoms. The van der Waals surface area contributed by atoms with Crippen molar-refractivity contribution in [2.24, 2.45) is 0 Å². The number of carbonyl (C=O) groups is 1. The Morgan fingerprint density at radius 2 is 2.67 bits per heavy atom. The average molecular weight is 170 g/mol. The number of rotatable bonds is 3. The summed E-state index contributed by atoms with van der Waals surface area (Å²) in [5.74, 6) is -0.447. The number of H-pyrrole nitrogens is 1. The van der Waals surface area contributed by atoms with Gasteiger partial charge in [0, 0.05) is 0 Å². The number of hydrogen-bond acceptors (Lipinski definition) is 4. The topological polar surface area (TPSA) is 75.2 Å². The van der Waals surface area contributed by atoms with Crippen LogP contribution in [0.4, 0.5) is 0 Å². The van der Waals surface area contributed by atoms with Crippen LogP contribution in [0.15, 0.2) is 12.5 Å². The minimum absolute atomic E-state index is 0.0569. The smallest absolute Gasteiger partial charge is 0.308 e. The van der Waals surface area contributed by atoms with E-state index in [0.29, 0.717) is 5.69 Å². The molecular weight excluding hydrogens is 160 g/mol. The van der Waals surface area contributed by atoms with E-state index in [0.717, 1.165) is 0 Å². The van der Waals surface area contributed by atoms with Crippen LogP contribution in [0.1, 0.15) is 18.2 Å². The minimum Gasteiger partial charge on any atom is -0.469 e. The number of nitrogens with one attached hydrogen (secondary N) is 1. The number of esters is 1. The van der Waals surface area contributed by atoms with Crippen molar-refractivity contribution >= 4 is 5.97 Å². The van der Waals surface area contributed by atoms with Crippen LogP contribution < -0.4 is 0 Å². The molecule has 0 bridgehead atoms. The Morgan fingerprint density at radius 3 is 3.17 bits per heavy atom. The number of methoxy groups -OCH3 is 1. The minimum atomic E-state index is -0.861. The van der Waals surface area contributed by atoms with Crippen LogP contribution in [-0.4, -0.2) is 28.2 Å². The summed E-state index contributed by atoms with van der Waals surface area (Å²) in [6.07, 6.45) is 1.99. The van der Waals surface area contributed by atoms with Gasteiger partial charge in [0.15, 0.2) is 0 Å². The van der Waals surface area contributed by atoms with Crippen molar-refractivity contribution in [1.29, 1.82) is 0 Å². The molecule has 0 saturated heterocycles. The molecule has 0 aromatic carbocycles. The second-order valence-corrected chi connectivity index (χ2v) is 2.30. The predicted octanol–water partition coefficient (Wildman–Crippen LogP) is 0.00620. The maximum Gasteiger partial charge on any atom is 0.308 e. The third-order valence-electron chi connectivity index (χ3n) is 1.47. The first-order valence-corrected chi connectivity index (χ1v) is 3.47. The Kier molecular flexibility index (Phi) is 2.82. The lowest BCUT2D eigenvalue weighted by Gasteiger charge is -2.05. The molecule has 0 saturated carbocycles. The van der Waals surface area contributed by atoms with Crippen LogP contribution in [0.2, 0.25) is 0 Å². The first-order chi connectivity index (χ1) is 5.74. The van der Waals surface area contributed by atoms with Gasteiger partial charge in [0.05, 0.1) is 31.7 Å². The van der Waals surface area contributed by atoms with Crippen LogP contribution in [0.3, 0.4) is 0 Å². The standard InChI is InChI=1S/C7H10N2O3/c1-12-7(11)2-6(10)5-3-8-4-9-5/h3-4,6,10H,2H2,1H3,(H,8,9)/t6-/m0/s1. The van der Waals surface area contributed by atoms with Gasteiger partial charge in [-0.15, -0.1) is 0 Å². The van der Waals surface area contributed by atoms with E-state index >= 15 is 0 Å². The number of nitrogens with zero attached hydrogens (tertiary/aromatic N) is 1. The van der Waals surface area contributed by atoms with Crippen LogP contribution in [0.5, 0.6) is 0 Å². The number of aliphatic hydroxyl groups is 1. The Hall–Kier alpha value is -1.36. The van der Waals surface area contributed by atoms with Crippen molar-refractivity contribution in [2.45, 2.75) is 12.5 Å². The molecule has 12 heavy (non-hydrogen) atoms. The summed E-state index contributed by atoms with van der Waals surface area (Å²) in [4.78, 5) is 17.1. The summed E-state index contributed by atoms with van der Waals surface area (Å²) < 4.78 is 4.39. The summed E-state index contributed by atoms with van der Waals surface area (Å²) >= 11 is 0. The number of imidazole rings is 1. The number of carbonyl (C=O) groups excluding carboxylic acids is 1. The second-order valence-electron chi connectivity index (χ2n) is 2.30. The van der Waals surface area contributed by atoms with E-state index in [1.54, 1.807) is 0 Å². The quantitative estimate of drug-likeness (QED) is 0.626. The molecule has 5 nitrogen and oxygen atoms in total. The van der Waals surface area contributed by atoms with Gasteiger partial charge in [-0.3, -0.25) is 4.79 Å². The zero-order valence-corrected chi connectivity index (χ0v) is 6.65. The zero-order chi connectivity index (χ0) is 8.97. The average Bonchev–Trinajstić information content (AvgIpc) is 2.56. The van der Waals surface area contributed by atoms with Gasteiger partial charge >= 0.3 is 5.97 Å². The molecule has 1 aromatic heterocycles. The molecule has 1 rings (SSSR count). The molecule has 0 aliphatic rings. The predicted molar refractivity (Wildman–Crippen MR) is 40.2 cm³/mol. The van der Waals surface area contributed by atoms with Crippen molar-refractivity contribution in [1.82, 2.24) is 9.97 Å². The van der Waals surface area contributed by atoms with Gasteiger partial charge in [0.1, 0.15) is 6.10 Å². The van der Waals surface area contributed by atoms with E-state index in [1.807, 2.05) is 0 Å². The molecule has 0 amide bonds. The number of hydrogen-bond donors (Lipinski definition) is 2. The molecule has 0 spiro atoms. The van der Waals surface area contributed by atoms with E-state index < -0.39 is 12.1 Å². The van der Waals surface area contributed by atoms with Crippen molar-refractivity contribution < 1.29 is 14.6 Å². The maximum atomic E-state index is 10.7. The molecular formula is C7H10N2O3. The highest BCUT2D eigenvalue weighted by Crippen LogP contribution is 2.12. The normalized spacial score (nSPS) is 12.5. The number of aromatic amines is 1. The highest BCUT2D eigenvalue weighted by atomic mass is 16.5. The van der Waals surface area contributed by atoms with Gasteiger partial charge in [-0.1, -0.05) is 0 Å². The first-order valence-electron chi connectivity index (χ1n) is 3.47. The largest absolute Gasteiger partial charge is 0.469 e. The highest BCUT2D eigenvalue weighted by molar-refractivity contribution is 5.69. The lowest BCUT2D eigenvalue weighted by Crippen LogP contribution is -2.08. The molecule has 0 radical (unpaired) electrons. The first kappa shape index (κ1) is 8.73. The van der Waals surface area contributed by atoms with Crippen LogP contribution in [-0.2, 0) is 9.53 Å². The molecule has 0 fully saturated rings. The molecule has 1 atom stereocenters. The Labute approximate surface area is 69.4 Å². The Balaban J connectivity index is 2.49. The molecule has 0 unspecified atom stereocenters. The second kappa shape index (κ2) is 3.87. The van der Waals surface area contributed by atoms with Crippen LogP contribution >= 0.6 is 0 Å². The fraction of sp³-hybridized carbons (Fsp3) is 0.429. The molecule has 0 aliphatic carbocycles. The van der Waals surface area contributed by atoms with Crippen LogP contribution in [0, 0.1) is 0 Å². The van der Waals surface area contributed by atoms with Crippen molar-refractivity contribution in [3.63, 3.8) is 0 Å². The molecule has 0 aliphatic heterocycles. The fourth-order valence-electron chi connectivity index (χ4n) is 0.800. The molecule has 66 valence electrons. The zero-order valence-electron chi connectivity index (χ0n) is 6.65. The summed E-state index contributed by atoms with van der Waals surface area (Å²) in [5, 5.41) is 9.34. The lowest BCUT2D eigenvalue weighted by molar-refractivity contribution is -0.142. The molecule has 1 heterocycles. The molecule has 2 N–H and O–H groups in total. The van der Waals surface area contributed by atoms with Crippen molar-refractivity contribution in [3.05, 3.63) is 18.2 Å². The fourth-order valence-corrected chi connectivity index (χ4v) is 0.800. The van der Waals surface area contributed by atoms with Gasteiger partial charge in [-0.25, -0.2) is 4.98 Å². The third kappa shape index (κ3) is 2.06. The van der Waals surface area contributed by atoms with Gasteiger partial charge in [-0.05, 0) is 0 Å². The summed E-state index contributed by atoms with van der Waals surface area (Å²) in [6.45, 7) is 0. The maximum absolute atomic E-state index is 10.7. The van der Waals surface area contributed by atoms with E-state index in [9.17, 15) is 9.90 Å². The van der Waals surface area contributed by atoms with Gasteiger partial charge in [-0.2, -0.15) is 0 Å². The summed E-state index contributed by atoms with van der Waals surface area (Å²) in [5.41, 5.74) is 0.514. The van der Waals surface area contributed by atoms with Crippen LogP contribution in [0.25, 0.3) is 0 Å². The van der Waals surface area contributed by atoms with E-state index in [1.165, 1.54) is 19.6 Å². The number of ether oxygens (including phenoxy) is 1. The Bertz CT molecular complexity index is 245. The summed E-state index contributed by atoms with van der Waals surface area (Å²) in [7, 11) is 1.28. The highest BCUT2D eigenvalue weighted by Gasteiger charge is 2.13. The van der Waals surface area contributed by atoms with E-state index in [2.05, 4.69) is 14.7 Å². The summed E-state index contributed by atoms with van der Waals surface area (Å²) in [6, 6.07) is 0. The third-order valence-corrected chi connectivity index (χ3v) is 1.47. The number of aliphatic hydroxyl groups excluding tert-OH is 1. The SMILES string of the molecule is COC(=O)C[C@H](O)c1cnc[nH]1. The van der Waals surface area contributed by atoms with Crippen molar-refractivity contribution in [2.75, 3.05) is 7.11 Å².